The molecule has 1 aromatic heterocycles. The first-order valence-corrected chi connectivity index (χ1v) is 7.72. The van der Waals surface area contributed by atoms with Crippen LogP contribution in [0.4, 0.5) is 0 Å². The van der Waals surface area contributed by atoms with Gasteiger partial charge in [-0.2, -0.15) is 0 Å². The second-order valence-corrected chi connectivity index (χ2v) is 6.61. The van der Waals surface area contributed by atoms with Gasteiger partial charge in [-0.05, 0) is 24.5 Å². The molecule has 1 aliphatic carbocycles. The fourth-order valence-electron chi connectivity index (χ4n) is 2.04. The van der Waals surface area contributed by atoms with E-state index in [0.717, 1.165) is 33.6 Å². The molecule has 5 heteroatoms. The number of carboxylic acid groups (broad SMARTS) is 1. The summed E-state index contributed by atoms with van der Waals surface area (Å²) in [5, 5.41) is 10.1. The van der Waals surface area contributed by atoms with Gasteiger partial charge in [0.2, 0.25) is 0 Å². The Morgan fingerprint density at radius 3 is 2.79 bits per heavy atom. The molecular formula is C14H12BrNO2S. The summed E-state index contributed by atoms with van der Waals surface area (Å²) in [6.07, 6.45) is 2.82. The average Bonchev–Trinajstić information content (AvgIpc) is 3.13. The quantitative estimate of drug-likeness (QED) is 0.914. The van der Waals surface area contributed by atoms with Crippen LogP contribution in [0.25, 0.3) is 0 Å². The van der Waals surface area contributed by atoms with Gasteiger partial charge in [0.25, 0.3) is 0 Å². The highest BCUT2D eigenvalue weighted by Gasteiger charge is 2.32. The molecule has 0 aliphatic heterocycles. The number of aromatic nitrogens is 1. The molecule has 1 N–H and O–H groups in total. The van der Waals surface area contributed by atoms with E-state index in [9.17, 15) is 9.90 Å². The highest BCUT2D eigenvalue weighted by molar-refractivity contribution is 9.10. The van der Waals surface area contributed by atoms with E-state index in [4.69, 9.17) is 0 Å². The van der Waals surface area contributed by atoms with Gasteiger partial charge in [0.05, 0.1) is 10.7 Å². The highest BCUT2D eigenvalue weighted by Crippen LogP contribution is 2.43. The van der Waals surface area contributed by atoms with Gasteiger partial charge in [0.15, 0.2) is 0 Å². The molecule has 3 rings (SSSR count). The van der Waals surface area contributed by atoms with Crippen molar-refractivity contribution in [3.05, 3.63) is 49.9 Å². The molecule has 3 nitrogen and oxygen atoms in total. The third-order valence-electron chi connectivity index (χ3n) is 3.16. The third kappa shape index (κ3) is 2.72. The zero-order chi connectivity index (χ0) is 13.4. The molecule has 19 heavy (non-hydrogen) atoms. The predicted octanol–water partition coefficient (Wildman–Crippen LogP) is 4.07. The van der Waals surface area contributed by atoms with E-state index in [1.165, 1.54) is 11.3 Å². The number of aromatic carboxylic acids is 1. The van der Waals surface area contributed by atoms with E-state index in [0.29, 0.717) is 17.2 Å². The van der Waals surface area contributed by atoms with Crippen molar-refractivity contribution >= 4 is 33.2 Å². The summed E-state index contributed by atoms with van der Waals surface area (Å²) in [5.74, 6) is -0.479. The van der Waals surface area contributed by atoms with Crippen molar-refractivity contribution in [2.45, 2.75) is 25.2 Å². The topological polar surface area (TPSA) is 50.2 Å². The van der Waals surface area contributed by atoms with Crippen LogP contribution in [0.5, 0.6) is 0 Å². The first kappa shape index (κ1) is 12.8. The lowest BCUT2D eigenvalue weighted by Crippen LogP contribution is -1.97. The van der Waals surface area contributed by atoms with Crippen LogP contribution in [0.3, 0.4) is 0 Å². The van der Waals surface area contributed by atoms with Gasteiger partial charge in [0.1, 0.15) is 4.88 Å². The van der Waals surface area contributed by atoms with Crippen LogP contribution >= 0.6 is 27.3 Å². The van der Waals surface area contributed by atoms with E-state index in [1.54, 1.807) is 0 Å². The molecule has 2 aromatic rings. The van der Waals surface area contributed by atoms with Crippen molar-refractivity contribution in [2.24, 2.45) is 0 Å². The summed E-state index contributed by atoms with van der Waals surface area (Å²) in [5.41, 5.74) is 1.93. The molecule has 0 unspecified atom stereocenters. The Labute approximate surface area is 123 Å². The minimum absolute atomic E-state index is 0.371. The van der Waals surface area contributed by atoms with Crippen LogP contribution in [-0.2, 0) is 6.42 Å². The zero-order valence-corrected chi connectivity index (χ0v) is 12.5. The number of thiazole rings is 1. The van der Waals surface area contributed by atoms with Crippen LogP contribution in [-0.4, -0.2) is 16.1 Å². The molecular weight excluding hydrogens is 326 g/mol. The Morgan fingerprint density at radius 1 is 1.42 bits per heavy atom. The third-order valence-corrected chi connectivity index (χ3v) is 4.99. The number of benzene rings is 1. The lowest BCUT2D eigenvalue weighted by Gasteiger charge is -2.00. The van der Waals surface area contributed by atoms with E-state index < -0.39 is 5.97 Å². The first-order valence-electron chi connectivity index (χ1n) is 6.11. The molecule has 0 radical (unpaired) electrons. The normalized spacial score (nSPS) is 14.6. The summed E-state index contributed by atoms with van der Waals surface area (Å²) in [4.78, 5) is 16.2. The monoisotopic (exact) mass is 337 g/mol. The molecule has 1 heterocycles. The Balaban J connectivity index is 1.91. The van der Waals surface area contributed by atoms with Gasteiger partial charge in [-0.1, -0.05) is 34.1 Å². The van der Waals surface area contributed by atoms with Crippen LogP contribution in [0.2, 0.25) is 0 Å². The molecule has 0 saturated heterocycles. The van der Waals surface area contributed by atoms with Crippen LogP contribution < -0.4 is 0 Å². The zero-order valence-electron chi connectivity index (χ0n) is 10.1. The fraction of sp³-hybridized carbons (Fsp3) is 0.286. The number of hydrogen-bond acceptors (Lipinski definition) is 3. The van der Waals surface area contributed by atoms with Gasteiger partial charge in [-0.25, -0.2) is 9.78 Å². The van der Waals surface area contributed by atoms with Crippen molar-refractivity contribution in [3.63, 3.8) is 0 Å². The van der Waals surface area contributed by atoms with Crippen LogP contribution in [0.1, 0.15) is 44.7 Å². The standard InChI is InChI=1S/C14H12BrNO2S/c15-10-4-2-1-3-9(10)7-11-16-12(8-5-6-8)13(19-11)14(17)18/h1-4,8H,5-7H2,(H,17,18). The van der Waals surface area contributed by atoms with E-state index in [2.05, 4.69) is 20.9 Å². The molecule has 0 atom stereocenters. The SMILES string of the molecule is O=C(O)c1sc(Cc2ccccc2Br)nc1C1CC1. The van der Waals surface area contributed by atoms with E-state index in [1.807, 2.05) is 24.3 Å². The first-order chi connectivity index (χ1) is 9.15. The maximum absolute atomic E-state index is 11.2. The number of halogens is 1. The summed E-state index contributed by atoms with van der Waals surface area (Å²) in [6, 6.07) is 7.97. The Kier molecular flexibility index (Phi) is 3.41. The number of rotatable bonds is 4. The van der Waals surface area contributed by atoms with Gasteiger partial charge in [-0.15, -0.1) is 11.3 Å². The maximum Gasteiger partial charge on any atom is 0.347 e. The smallest absolute Gasteiger partial charge is 0.347 e. The minimum Gasteiger partial charge on any atom is -0.477 e. The average molecular weight is 338 g/mol. The van der Waals surface area contributed by atoms with E-state index in [-0.39, 0.29) is 0 Å². The minimum atomic E-state index is -0.849. The van der Waals surface area contributed by atoms with Crippen molar-refractivity contribution in [1.29, 1.82) is 0 Å². The predicted molar refractivity (Wildman–Crippen MR) is 78.0 cm³/mol. The molecule has 0 amide bonds. The maximum atomic E-state index is 11.2. The molecule has 0 bridgehead atoms. The molecule has 0 spiro atoms. The molecule has 1 aromatic carbocycles. The van der Waals surface area contributed by atoms with Crippen LogP contribution in [0.15, 0.2) is 28.7 Å². The number of hydrogen-bond donors (Lipinski definition) is 1. The second-order valence-electron chi connectivity index (χ2n) is 4.67. The summed E-state index contributed by atoms with van der Waals surface area (Å²) in [7, 11) is 0. The van der Waals surface area contributed by atoms with Crippen molar-refractivity contribution in [1.82, 2.24) is 4.98 Å². The molecule has 1 fully saturated rings. The van der Waals surface area contributed by atoms with Crippen molar-refractivity contribution in [3.8, 4) is 0 Å². The number of carbonyl (C=O) groups is 1. The van der Waals surface area contributed by atoms with E-state index >= 15 is 0 Å². The van der Waals surface area contributed by atoms with Crippen molar-refractivity contribution < 1.29 is 9.90 Å². The lowest BCUT2D eigenvalue weighted by molar-refractivity contribution is 0.0700. The molecule has 98 valence electrons. The van der Waals surface area contributed by atoms with Gasteiger partial charge < -0.3 is 5.11 Å². The fourth-order valence-corrected chi connectivity index (χ4v) is 3.48. The highest BCUT2D eigenvalue weighted by atomic mass is 79.9. The lowest BCUT2D eigenvalue weighted by atomic mass is 10.2. The molecule has 1 saturated carbocycles. The summed E-state index contributed by atoms with van der Waals surface area (Å²) >= 11 is 4.82. The number of carboxylic acids is 1. The molecule has 1 aliphatic rings. The van der Waals surface area contributed by atoms with Crippen molar-refractivity contribution in [2.75, 3.05) is 0 Å². The second kappa shape index (κ2) is 5.06. The largest absolute Gasteiger partial charge is 0.477 e. The Hall–Kier alpha value is -1.20. The Bertz CT molecular complexity index is 634. The summed E-state index contributed by atoms with van der Waals surface area (Å²) < 4.78 is 1.04. The number of nitrogens with zero attached hydrogens (tertiary/aromatic N) is 1. The Morgan fingerprint density at radius 2 is 2.16 bits per heavy atom. The van der Waals surface area contributed by atoms with Gasteiger partial charge in [-0.3, -0.25) is 0 Å². The van der Waals surface area contributed by atoms with Crippen LogP contribution in [0, 0.1) is 0 Å². The summed E-state index contributed by atoms with van der Waals surface area (Å²) in [6.45, 7) is 0. The van der Waals surface area contributed by atoms with Gasteiger partial charge >= 0.3 is 5.97 Å². The van der Waals surface area contributed by atoms with Gasteiger partial charge in [0, 0.05) is 16.8 Å².